The Morgan fingerprint density at radius 2 is 1.87 bits per heavy atom. The number of rotatable bonds is 5. The van der Waals surface area contributed by atoms with Gasteiger partial charge in [-0.1, -0.05) is 41.7 Å². The first-order valence-corrected chi connectivity index (χ1v) is 10.6. The van der Waals surface area contributed by atoms with Crippen molar-refractivity contribution in [3.8, 4) is 0 Å². The largest absolute Gasteiger partial charge is 0.342 e. The molecule has 2 amide bonds. The summed E-state index contributed by atoms with van der Waals surface area (Å²) < 4.78 is 13.0. The van der Waals surface area contributed by atoms with Gasteiger partial charge in [-0.2, -0.15) is 0 Å². The fraction of sp³-hybridized carbons (Fsp3) is 0.273. The number of benzene rings is 2. The minimum Gasteiger partial charge on any atom is -0.342 e. The summed E-state index contributed by atoms with van der Waals surface area (Å²) in [5.74, 6) is -0.568. The molecule has 1 saturated heterocycles. The molecule has 2 heterocycles. The molecule has 30 heavy (non-hydrogen) atoms. The monoisotopic (exact) mass is 424 g/mol. The maximum Gasteiger partial charge on any atom is 0.286 e. The fourth-order valence-electron chi connectivity index (χ4n) is 3.50. The molecule has 8 heteroatoms. The highest BCUT2D eigenvalue weighted by Crippen LogP contribution is 2.29. The van der Waals surface area contributed by atoms with Crippen molar-refractivity contribution in [3.63, 3.8) is 0 Å². The summed E-state index contributed by atoms with van der Waals surface area (Å²) in [4.78, 5) is 27.0. The van der Waals surface area contributed by atoms with Gasteiger partial charge in [0.05, 0.1) is 6.42 Å². The van der Waals surface area contributed by atoms with E-state index in [4.69, 9.17) is 0 Å². The van der Waals surface area contributed by atoms with Crippen LogP contribution in [0.3, 0.4) is 0 Å². The maximum atomic E-state index is 13.0. The Hall–Kier alpha value is -3.13. The minimum absolute atomic E-state index is 0.0725. The second kappa shape index (κ2) is 9.13. The van der Waals surface area contributed by atoms with Gasteiger partial charge in [0.2, 0.25) is 10.9 Å². The van der Waals surface area contributed by atoms with Gasteiger partial charge < -0.3 is 10.2 Å². The van der Waals surface area contributed by atoms with Crippen LogP contribution in [-0.4, -0.2) is 40.0 Å². The lowest BCUT2D eigenvalue weighted by molar-refractivity contribution is -0.131. The van der Waals surface area contributed by atoms with Crippen LogP contribution in [0.4, 0.5) is 10.1 Å². The summed E-state index contributed by atoms with van der Waals surface area (Å²) in [5, 5.41) is 11.9. The highest BCUT2D eigenvalue weighted by Gasteiger charge is 2.28. The molecule has 1 N–H and O–H groups in total. The van der Waals surface area contributed by atoms with Gasteiger partial charge in [0.15, 0.2) is 0 Å². The number of nitrogens with one attached hydrogen (secondary N) is 1. The minimum atomic E-state index is -0.377. The van der Waals surface area contributed by atoms with Crippen molar-refractivity contribution in [1.82, 2.24) is 15.1 Å². The van der Waals surface area contributed by atoms with E-state index < -0.39 is 0 Å². The zero-order chi connectivity index (χ0) is 20.9. The van der Waals surface area contributed by atoms with Crippen molar-refractivity contribution < 1.29 is 14.0 Å². The van der Waals surface area contributed by atoms with Gasteiger partial charge in [-0.25, -0.2) is 4.39 Å². The molecule has 1 aliphatic rings. The fourth-order valence-corrected chi connectivity index (χ4v) is 4.36. The van der Waals surface area contributed by atoms with E-state index >= 15 is 0 Å². The van der Waals surface area contributed by atoms with Gasteiger partial charge in [-0.15, -0.1) is 10.2 Å². The first-order valence-electron chi connectivity index (χ1n) is 9.80. The van der Waals surface area contributed by atoms with Gasteiger partial charge in [0.1, 0.15) is 10.8 Å². The van der Waals surface area contributed by atoms with E-state index in [1.54, 1.807) is 0 Å². The zero-order valence-corrected chi connectivity index (χ0v) is 17.1. The summed E-state index contributed by atoms with van der Waals surface area (Å²) in [7, 11) is 0. The number of amides is 2. The van der Waals surface area contributed by atoms with Crippen LogP contribution in [0.2, 0.25) is 0 Å². The molecule has 154 valence electrons. The topological polar surface area (TPSA) is 75.2 Å². The Labute approximate surface area is 177 Å². The lowest BCUT2D eigenvalue weighted by Crippen LogP contribution is -2.39. The van der Waals surface area contributed by atoms with Crippen LogP contribution in [-0.2, 0) is 11.2 Å². The number of aromatic nitrogens is 2. The molecule has 0 radical (unpaired) electrons. The molecule has 0 bridgehead atoms. The summed E-state index contributed by atoms with van der Waals surface area (Å²) >= 11 is 1.24. The summed E-state index contributed by atoms with van der Waals surface area (Å²) in [6.07, 6.45) is 2.18. The lowest BCUT2D eigenvalue weighted by atomic mass is 9.98. The molecule has 1 aromatic heterocycles. The van der Waals surface area contributed by atoms with Gasteiger partial charge >= 0.3 is 0 Å². The molecule has 0 saturated carbocycles. The average Bonchev–Trinajstić information content (AvgIpc) is 3.27. The van der Waals surface area contributed by atoms with Crippen LogP contribution < -0.4 is 5.32 Å². The van der Waals surface area contributed by atoms with Crippen molar-refractivity contribution in [2.75, 3.05) is 18.4 Å². The highest BCUT2D eigenvalue weighted by molar-refractivity contribution is 7.13. The molecule has 0 aliphatic carbocycles. The van der Waals surface area contributed by atoms with Crippen molar-refractivity contribution in [2.45, 2.75) is 25.2 Å². The number of nitrogens with zero attached hydrogens (tertiary/aromatic N) is 3. The van der Waals surface area contributed by atoms with Crippen LogP contribution in [0.25, 0.3) is 0 Å². The average molecular weight is 425 g/mol. The molecular weight excluding hydrogens is 403 g/mol. The smallest absolute Gasteiger partial charge is 0.286 e. The molecule has 4 rings (SSSR count). The molecular formula is C22H21FN4O2S. The molecule has 1 fully saturated rings. The molecule has 0 spiro atoms. The Morgan fingerprint density at radius 1 is 1.10 bits per heavy atom. The van der Waals surface area contributed by atoms with Crippen LogP contribution in [0.15, 0.2) is 54.6 Å². The van der Waals surface area contributed by atoms with E-state index in [-0.39, 0.29) is 28.6 Å². The first kappa shape index (κ1) is 20.2. The van der Waals surface area contributed by atoms with Crippen LogP contribution >= 0.6 is 11.3 Å². The number of hydrogen-bond acceptors (Lipinski definition) is 5. The number of halogens is 1. The number of likely N-dealkylation sites (tertiary alicyclic amines) is 1. The second-order valence-corrected chi connectivity index (χ2v) is 8.26. The van der Waals surface area contributed by atoms with Gasteiger partial charge in [-0.05, 0) is 42.7 Å². The third-order valence-electron chi connectivity index (χ3n) is 5.06. The standard InChI is InChI=1S/C22H21FN4O2S/c23-17-8-10-18(11-9-17)24-20(29)22-26-25-21(30-22)16-7-4-12-27(14-16)19(28)13-15-5-2-1-3-6-15/h1-3,5-6,8-11,16H,4,7,12-14H2,(H,24,29). The number of carbonyl (C=O) groups excluding carboxylic acids is 2. The third-order valence-corrected chi connectivity index (χ3v) is 6.14. The molecule has 1 atom stereocenters. The Kier molecular flexibility index (Phi) is 6.13. The predicted octanol–water partition coefficient (Wildman–Crippen LogP) is 3.88. The summed E-state index contributed by atoms with van der Waals surface area (Å²) in [6, 6.07) is 15.3. The number of carbonyl (C=O) groups is 2. The normalized spacial score (nSPS) is 16.3. The van der Waals surface area contributed by atoms with Crippen LogP contribution in [0, 0.1) is 5.82 Å². The maximum absolute atomic E-state index is 13.0. The van der Waals surface area contributed by atoms with E-state index in [1.165, 1.54) is 35.6 Å². The quantitative estimate of drug-likeness (QED) is 0.675. The summed E-state index contributed by atoms with van der Waals surface area (Å²) in [5.41, 5.74) is 1.49. The SMILES string of the molecule is O=C(Nc1ccc(F)cc1)c1nnc(C2CCCN(C(=O)Cc3ccccc3)C2)s1. The van der Waals surface area contributed by atoms with Crippen LogP contribution in [0.5, 0.6) is 0 Å². The van der Waals surface area contributed by atoms with E-state index in [0.29, 0.717) is 18.7 Å². The highest BCUT2D eigenvalue weighted by atomic mass is 32.1. The van der Waals surface area contributed by atoms with E-state index in [0.717, 1.165) is 30.0 Å². The first-order chi connectivity index (χ1) is 14.6. The van der Waals surface area contributed by atoms with Gasteiger partial charge in [0, 0.05) is 24.7 Å². The molecule has 6 nitrogen and oxygen atoms in total. The van der Waals surface area contributed by atoms with Crippen molar-refractivity contribution >= 4 is 28.8 Å². The second-order valence-electron chi connectivity index (χ2n) is 7.25. The van der Waals surface area contributed by atoms with Crippen molar-refractivity contribution in [1.29, 1.82) is 0 Å². The number of hydrogen-bond donors (Lipinski definition) is 1. The molecule has 1 unspecified atom stereocenters. The van der Waals surface area contributed by atoms with Crippen molar-refractivity contribution in [3.05, 3.63) is 76.0 Å². The predicted molar refractivity (Wildman–Crippen MR) is 113 cm³/mol. The molecule has 2 aromatic carbocycles. The molecule has 1 aliphatic heterocycles. The zero-order valence-electron chi connectivity index (χ0n) is 16.3. The Bertz CT molecular complexity index is 1020. The van der Waals surface area contributed by atoms with Crippen LogP contribution in [0.1, 0.15) is 39.1 Å². The molecule has 3 aromatic rings. The summed E-state index contributed by atoms with van der Waals surface area (Å²) in [6.45, 7) is 1.32. The van der Waals surface area contributed by atoms with Crippen molar-refractivity contribution in [2.24, 2.45) is 0 Å². The van der Waals surface area contributed by atoms with E-state index in [2.05, 4.69) is 15.5 Å². The Morgan fingerprint density at radius 3 is 2.63 bits per heavy atom. The lowest BCUT2D eigenvalue weighted by Gasteiger charge is -2.31. The van der Waals surface area contributed by atoms with Gasteiger partial charge in [0.25, 0.3) is 5.91 Å². The van der Waals surface area contributed by atoms with Gasteiger partial charge in [-0.3, -0.25) is 9.59 Å². The Balaban J connectivity index is 1.38. The third kappa shape index (κ3) is 4.88. The number of piperidine rings is 1. The number of anilines is 1. The van der Waals surface area contributed by atoms with E-state index in [9.17, 15) is 14.0 Å². The van der Waals surface area contributed by atoms with E-state index in [1.807, 2.05) is 35.2 Å².